The van der Waals surface area contributed by atoms with Gasteiger partial charge in [-0.05, 0) is 72.5 Å². The predicted molar refractivity (Wildman–Crippen MR) is 161 cm³/mol. The van der Waals surface area contributed by atoms with E-state index in [1.807, 2.05) is 73.7 Å². The van der Waals surface area contributed by atoms with E-state index in [0.717, 1.165) is 5.56 Å². The number of fused-ring (bicyclic) bond motifs is 3. The molecule has 2 aliphatic rings. The Hall–Kier alpha value is -4.37. The van der Waals surface area contributed by atoms with Gasteiger partial charge in [0, 0.05) is 24.3 Å². The number of para-hydroxylation sites is 2. The first-order valence-corrected chi connectivity index (χ1v) is 14.8. The molecule has 41 heavy (non-hydrogen) atoms. The van der Waals surface area contributed by atoms with E-state index in [-0.39, 0.29) is 18.6 Å². The highest BCUT2D eigenvalue weighted by Crippen LogP contribution is 2.38. The Morgan fingerprint density at radius 3 is 2.22 bits per heavy atom. The maximum absolute atomic E-state index is 14.2. The Bertz CT molecular complexity index is 1520. The number of anilines is 2. The van der Waals surface area contributed by atoms with Crippen molar-refractivity contribution in [2.24, 2.45) is 0 Å². The van der Waals surface area contributed by atoms with Gasteiger partial charge in [-0.1, -0.05) is 48.5 Å². The fourth-order valence-corrected chi connectivity index (χ4v) is 7.04. The van der Waals surface area contributed by atoms with Crippen molar-refractivity contribution in [2.45, 2.75) is 44.4 Å². The molecule has 2 aliphatic heterocycles. The van der Waals surface area contributed by atoms with Crippen LogP contribution in [0.5, 0.6) is 0 Å². The van der Waals surface area contributed by atoms with Gasteiger partial charge in [-0.3, -0.25) is 4.90 Å². The van der Waals surface area contributed by atoms with E-state index in [2.05, 4.69) is 23.6 Å². The summed E-state index contributed by atoms with van der Waals surface area (Å²) in [7, 11) is 0. The van der Waals surface area contributed by atoms with E-state index in [1.54, 1.807) is 26.0 Å². The van der Waals surface area contributed by atoms with Gasteiger partial charge in [0.1, 0.15) is 0 Å². The van der Waals surface area contributed by atoms with Crippen LogP contribution in [0.1, 0.15) is 25.3 Å². The van der Waals surface area contributed by atoms with E-state index in [1.165, 1.54) is 15.0 Å². The van der Waals surface area contributed by atoms with E-state index >= 15 is 0 Å². The molecule has 0 saturated carbocycles. The third kappa shape index (κ3) is 5.02. The van der Waals surface area contributed by atoms with Crippen LogP contribution in [0.2, 0.25) is 0 Å². The minimum absolute atomic E-state index is 0.160. The number of thiophene rings is 1. The summed E-state index contributed by atoms with van der Waals surface area (Å²) in [4.78, 5) is 47.5. The van der Waals surface area contributed by atoms with E-state index in [4.69, 9.17) is 0 Å². The molecule has 1 aromatic heterocycles. The highest BCUT2D eigenvalue weighted by molar-refractivity contribution is 7.17. The Kier molecular flexibility index (Phi) is 7.36. The average molecular weight is 569 g/mol. The summed E-state index contributed by atoms with van der Waals surface area (Å²) in [5.74, 6) is -1.10. The third-order valence-corrected chi connectivity index (χ3v) is 9.02. The lowest BCUT2D eigenvalue weighted by Gasteiger charge is -2.47. The van der Waals surface area contributed by atoms with Gasteiger partial charge in [0.05, 0.1) is 23.5 Å². The standard InChI is InChI=1S/C32H32N4O4S/c1-2-33(20-22-13-14-23-17-18-41-28(23)19-22)31(39)36-26-15-16-27(36)29(30(37)38)34(21-26)32(40)35(24-9-5-3-6-10-24)25-11-7-4-8-12-25/h3-14,17-19,26-27,29H,2,15-16,20-21H2,1H3,(H,37,38)/t26-,27+,29-/m0/s1. The minimum Gasteiger partial charge on any atom is -0.480 e. The molecule has 210 valence electrons. The van der Waals surface area contributed by atoms with Gasteiger partial charge in [0.25, 0.3) is 0 Å². The van der Waals surface area contributed by atoms with Crippen LogP contribution in [0.3, 0.4) is 0 Å². The highest BCUT2D eigenvalue weighted by atomic mass is 32.1. The van der Waals surface area contributed by atoms with Gasteiger partial charge >= 0.3 is 18.0 Å². The summed E-state index contributed by atoms with van der Waals surface area (Å²) < 4.78 is 1.17. The first-order valence-electron chi connectivity index (χ1n) is 13.9. The number of carboxylic acids is 1. The number of likely N-dealkylation sites (tertiary alicyclic amines) is 1. The van der Waals surface area contributed by atoms with E-state index < -0.39 is 24.1 Å². The zero-order chi connectivity index (χ0) is 28.5. The number of carbonyl (C=O) groups excluding carboxylic acids is 2. The molecule has 3 aromatic carbocycles. The van der Waals surface area contributed by atoms with Crippen molar-refractivity contribution in [1.29, 1.82) is 0 Å². The smallest absolute Gasteiger partial charge is 0.329 e. The molecule has 2 saturated heterocycles. The van der Waals surface area contributed by atoms with Gasteiger partial charge < -0.3 is 19.8 Å². The Labute approximate surface area is 243 Å². The van der Waals surface area contributed by atoms with Crippen LogP contribution in [0.15, 0.2) is 90.3 Å². The molecule has 9 heteroatoms. The summed E-state index contributed by atoms with van der Waals surface area (Å²) in [6.07, 6.45) is 1.19. The second-order valence-corrected chi connectivity index (χ2v) is 11.5. The number of hydrogen-bond acceptors (Lipinski definition) is 4. The Morgan fingerprint density at radius 1 is 0.902 bits per heavy atom. The maximum atomic E-state index is 14.2. The van der Waals surface area contributed by atoms with E-state index in [9.17, 15) is 19.5 Å². The lowest BCUT2D eigenvalue weighted by atomic mass is 10.0. The molecular formula is C32H32N4O4S. The van der Waals surface area contributed by atoms with Crippen LogP contribution in [-0.2, 0) is 11.3 Å². The van der Waals surface area contributed by atoms with Crippen molar-refractivity contribution in [2.75, 3.05) is 18.0 Å². The molecule has 4 aromatic rings. The average Bonchev–Trinajstić information content (AvgIpc) is 3.58. The summed E-state index contributed by atoms with van der Waals surface area (Å²) in [5, 5.41) is 13.7. The number of urea groups is 2. The molecular weight excluding hydrogens is 536 g/mol. The summed E-state index contributed by atoms with van der Waals surface area (Å²) >= 11 is 1.67. The zero-order valence-corrected chi connectivity index (χ0v) is 23.6. The highest BCUT2D eigenvalue weighted by Gasteiger charge is 2.54. The molecule has 1 N–H and O–H groups in total. The third-order valence-electron chi connectivity index (χ3n) is 8.14. The number of rotatable bonds is 6. The maximum Gasteiger partial charge on any atom is 0.329 e. The van der Waals surface area contributed by atoms with E-state index in [0.29, 0.717) is 37.3 Å². The van der Waals surface area contributed by atoms with Crippen molar-refractivity contribution in [3.63, 3.8) is 0 Å². The van der Waals surface area contributed by atoms with Gasteiger partial charge in [-0.2, -0.15) is 0 Å². The quantitative estimate of drug-likeness (QED) is 0.292. The fourth-order valence-electron chi connectivity index (χ4n) is 6.19. The molecule has 4 amide bonds. The van der Waals surface area contributed by atoms with Crippen LogP contribution in [0.25, 0.3) is 10.1 Å². The van der Waals surface area contributed by atoms with Crippen molar-refractivity contribution >= 4 is 50.8 Å². The first-order chi connectivity index (χ1) is 20.0. The molecule has 3 atom stereocenters. The number of aliphatic carboxylic acids is 1. The summed E-state index contributed by atoms with van der Waals surface area (Å²) in [5.41, 5.74) is 2.34. The number of piperazine rings is 1. The first kappa shape index (κ1) is 26.8. The Balaban J connectivity index is 1.28. The van der Waals surface area contributed by atoms with Crippen LogP contribution >= 0.6 is 11.3 Å². The van der Waals surface area contributed by atoms with Crippen LogP contribution in [-0.4, -0.2) is 69.1 Å². The van der Waals surface area contributed by atoms with Crippen molar-refractivity contribution in [1.82, 2.24) is 14.7 Å². The fraction of sp³-hybridized carbons (Fsp3) is 0.281. The topological polar surface area (TPSA) is 84.4 Å². The minimum atomic E-state index is -1.15. The molecule has 2 bridgehead atoms. The zero-order valence-electron chi connectivity index (χ0n) is 22.8. The molecule has 6 rings (SSSR count). The number of carbonyl (C=O) groups is 3. The normalized spacial score (nSPS) is 19.8. The number of nitrogens with zero attached hydrogens (tertiary/aromatic N) is 4. The predicted octanol–water partition coefficient (Wildman–Crippen LogP) is 6.40. The van der Waals surface area contributed by atoms with Crippen LogP contribution in [0, 0.1) is 0 Å². The molecule has 2 fully saturated rings. The van der Waals surface area contributed by atoms with Crippen LogP contribution < -0.4 is 4.90 Å². The van der Waals surface area contributed by atoms with Crippen molar-refractivity contribution < 1.29 is 19.5 Å². The Morgan fingerprint density at radius 2 is 1.59 bits per heavy atom. The number of hydrogen-bond donors (Lipinski definition) is 1. The molecule has 0 unspecified atom stereocenters. The SMILES string of the molecule is CCN(Cc1ccc2ccsc2c1)C(=O)N1[C@H]2CC[C@@H]1[C@@H](C(=O)O)N(C(=O)N(c1ccccc1)c1ccccc1)C2. The van der Waals surface area contributed by atoms with Crippen molar-refractivity contribution in [3.05, 3.63) is 95.9 Å². The van der Waals surface area contributed by atoms with Crippen LogP contribution in [0.4, 0.5) is 21.0 Å². The lowest BCUT2D eigenvalue weighted by molar-refractivity contribution is -0.145. The summed E-state index contributed by atoms with van der Waals surface area (Å²) in [6.45, 7) is 3.03. The largest absolute Gasteiger partial charge is 0.480 e. The number of amides is 4. The molecule has 0 spiro atoms. The second-order valence-electron chi connectivity index (χ2n) is 10.5. The molecule has 0 aliphatic carbocycles. The number of benzene rings is 3. The second kappa shape index (κ2) is 11.2. The summed E-state index contributed by atoms with van der Waals surface area (Å²) in [6, 6.07) is 24.2. The molecule has 0 radical (unpaired) electrons. The van der Waals surface area contributed by atoms with Crippen molar-refractivity contribution in [3.8, 4) is 0 Å². The number of carboxylic acid groups (broad SMARTS) is 1. The van der Waals surface area contributed by atoms with Gasteiger partial charge in [0.15, 0.2) is 6.04 Å². The molecule has 8 nitrogen and oxygen atoms in total. The van der Waals surface area contributed by atoms with Gasteiger partial charge in [0.2, 0.25) is 0 Å². The lowest BCUT2D eigenvalue weighted by Crippen LogP contribution is -2.67. The monoisotopic (exact) mass is 568 g/mol. The van der Waals surface area contributed by atoms with Gasteiger partial charge in [-0.15, -0.1) is 11.3 Å². The van der Waals surface area contributed by atoms with Gasteiger partial charge in [-0.25, -0.2) is 14.4 Å². The molecule has 3 heterocycles.